The van der Waals surface area contributed by atoms with E-state index >= 15 is 0 Å². The van der Waals surface area contributed by atoms with Crippen molar-refractivity contribution in [3.8, 4) is 0 Å². The zero-order valence-corrected chi connectivity index (χ0v) is 10.3. The number of nitrogens with zero attached hydrogens (tertiary/aromatic N) is 1. The van der Waals surface area contributed by atoms with Gasteiger partial charge in [0.2, 0.25) is 0 Å². The van der Waals surface area contributed by atoms with Gasteiger partial charge in [0, 0.05) is 31.7 Å². The van der Waals surface area contributed by atoms with Crippen LogP contribution in [-0.2, 0) is 0 Å². The Morgan fingerprint density at radius 3 is 2.82 bits per heavy atom. The number of nitrogens with two attached hydrogens (primary N) is 1. The van der Waals surface area contributed by atoms with Crippen molar-refractivity contribution in [2.24, 2.45) is 11.7 Å². The highest BCUT2D eigenvalue weighted by atomic mass is 16.3. The van der Waals surface area contributed by atoms with Gasteiger partial charge in [0.1, 0.15) is 0 Å². The van der Waals surface area contributed by atoms with Crippen molar-refractivity contribution in [3.63, 3.8) is 0 Å². The van der Waals surface area contributed by atoms with Crippen LogP contribution in [-0.4, -0.2) is 59.5 Å². The van der Waals surface area contributed by atoms with Gasteiger partial charge in [-0.3, -0.25) is 0 Å². The molecule has 3 unspecified atom stereocenters. The average molecular weight is 245 g/mol. The van der Waals surface area contributed by atoms with Crippen molar-refractivity contribution in [1.82, 2.24) is 10.2 Å². The molecule has 5 N–H and O–H groups in total. The van der Waals surface area contributed by atoms with Crippen LogP contribution in [0.15, 0.2) is 0 Å². The first-order chi connectivity index (χ1) is 8.04. The number of urea groups is 1. The van der Waals surface area contributed by atoms with Gasteiger partial charge in [-0.15, -0.1) is 0 Å². The summed E-state index contributed by atoms with van der Waals surface area (Å²) in [4.78, 5) is 12.8. The number of aliphatic hydroxyl groups excluding tert-OH is 2. The molecule has 1 aliphatic rings. The summed E-state index contributed by atoms with van der Waals surface area (Å²) in [5.74, 6) is 0.0582. The van der Waals surface area contributed by atoms with Crippen LogP contribution in [0.4, 0.5) is 4.79 Å². The van der Waals surface area contributed by atoms with Gasteiger partial charge in [-0.25, -0.2) is 4.79 Å². The lowest BCUT2D eigenvalue weighted by Crippen LogP contribution is -2.54. The molecule has 0 bridgehead atoms. The molecule has 0 aromatic carbocycles. The number of carbonyl (C=O) groups is 1. The summed E-state index contributed by atoms with van der Waals surface area (Å²) < 4.78 is 0. The van der Waals surface area contributed by atoms with E-state index in [9.17, 15) is 9.90 Å². The van der Waals surface area contributed by atoms with Crippen LogP contribution in [0, 0.1) is 5.92 Å². The third-order valence-corrected chi connectivity index (χ3v) is 3.24. The van der Waals surface area contributed by atoms with E-state index in [0.717, 1.165) is 6.42 Å². The monoisotopic (exact) mass is 245 g/mol. The van der Waals surface area contributed by atoms with Crippen LogP contribution in [0.25, 0.3) is 0 Å². The topological polar surface area (TPSA) is 98.8 Å². The number of amides is 2. The Balaban J connectivity index is 2.49. The molecular weight excluding hydrogens is 222 g/mol. The molecule has 1 fully saturated rings. The minimum atomic E-state index is -0.445. The van der Waals surface area contributed by atoms with Crippen molar-refractivity contribution < 1.29 is 15.0 Å². The number of nitrogens with one attached hydrogen (secondary N) is 1. The molecule has 0 spiro atoms. The van der Waals surface area contributed by atoms with Gasteiger partial charge in [0.25, 0.3) is 0 Å². The number of aliphatic hydroxyl groups is 2. The van der Waals surface area contributed by atoms with E-state index in [4.69, 9.17) is 10.8 Å². The lowest BCUT2D eigenvalue weighted by Gasteiger charge is -2.38. The molecule has 17 heavy (non-hydrogen) atoms. The molecule has 2 amide bonds. The van der Waals surface area contributed by atoms with Gasteiger partial charge in [-0.2, -0.15) is 0 Å². The minimum Gasteiger partial charge on any atom is -0.396 e. The highest BCUT2D eigenvalue weighted by Gasteiger charge is 2.30. The van der Waals surface area contributed by atoms with Crippen molar-refractivity contribution in [2.75, 3.05) is 26.2 Å². The van der Waals surface area contributed by atoms with Crippen molar-refractivity contribution in [2.45, 2.75) is 31.9 Å². The summed E-state index contributed by atoms with van der Waals surface area (Å²) in [6.45, 7) is 3.69. The van der Waals surface area contributed by atoms with Crippen molar-refractivity contribution >= 4 is 6.03 Å². The van der Waals surface area contributed by atoms with Crippen LogP contribution in [0.5, 0.6) is 0 Å². The van der Waals surface area contributed by atoms with Gasteiger partial charge >= 0.3 is 6.03 Å². The van der Waals surface area contributed by atoms with Crippen LogP contribution >= 0.6 is 0 Å². The van der Waals surface area contributed by atoms with E-state index in [1.54, 1.807) is 11.8 Å². The number of piperidine rings is 1. The van der Waals surface area contributed by atoms with Gasteiger partial charge in [-0.1, -0.05) is 0 Å². The van der Waals surface area contributed by atoms with E-state index in [0.29, 0.717) is 26.1 Å². The van der Waals surface area contributed by atoms with E-state index in [-0.39, 0.29) is 18.6 Å². The Bertz CT molecular complexity index is 248. The molecule has 1 saturated heterocycles. The Morgan fingerprint density at radius 2 is 2.29 bits per heavy atom. The maximum Gasteiger partial charge on any atom is 0.314 e. The van der Waals surface area contributed by atoms with Crippen LogP contribution in [0.3, 0.4) is 0 Å². The Morgan fingerprint density at radius 1 is 1.59 bits per heavy atom. The quantitative estimate of drug-likeness (QED) is 0.472. The molecule has 0 saturated carbocycles. The smallest absolute Gasteiger partial charge is 0.314 e. The van der Waals surface area contributed by atoms with Gasteiger partial charge in [-0.05, 0) is 26.3 Å². The molecule has 0 aromatic heterocycles. The zero-order valence-electron chi connectivity index (χ0n) is 10.3. The van der Waals surface area contributed by atoms with Gasteiger partial charge < -0.3 is 26.2 Å². The first kappa shape index (κ1) is 14.2. The third-order valence-electron chi connectivity index (χ3n) is 3.24. The van der Waals surface area contributed by atoms with Crippen molar-refractivity contribution in [1.29, 1.82) is 0 Å². The summed E-state index contributed by atoms with van der Waals surface area (Å²) in [7, 11) is 0. The fraction of sp³-hybridized carbons (Fsp3) is 0.909. The number of hydrogen-bond acceptors (Lipinski definition) is 4. The van der Waals surface area contributed by atoms with E-state index in [1.807, 2.05) is 0 Å². The second-order valence-corrected chi connectivity index (χ2v) is 4.71. The van der Waals surface area contributed by atoms with E-state index in [2.05, 4.69) is 5.32 Å². The van der Waals surface area contributed by atoms with E-state index < -0.39 is 12.1 Å². The second kappa shape index (κ2) is 6.78. The van der Waals surface area contributed by atoms with Crippen molar-refractivity contribution in [3.05, 3.63) is 0 Å². The summed E-state index contributed by atoms with van der Waals surface area (Å²) >= 11 is 0. The van der Waals surface area contributed by atoms with Gasteiger partial charge in [0.15, 0.2) is 0 Å². The Labute approximate surface area is 102 Å². The SMILES string of the molecule is CC(O)C1CC(NCCCO)CN(C(N)=O)C1. The summed E-state index contributed by atoms with van der Waals surface area (Å²) in [6.07, 6.45) is 1.07. The Kier molecular flexibility index (Phi) is 5.67. The highest BCUT2D eigenvalue weighted by Crippen LogP contribution is 2.20. The number of rotatable bonds is 5. The molecule has 0 radical (unpaired) electrons. The third kappa shape index (κ3) is 4.49. The maximum atomic E-state index is 11.2. The lowest BCUT2D eigenvalue weighted by molar-refractivity contribution is 0.0621. The molecule has 1 heterocycles. The van der Waals surface area contributed by atoms with Crippen LogP contribution in [0.2, 0.25) is 0 Å². The van der Waals surface area contributed by atoms with Crippen LogP contribution < -0.4 is 11.1 Å². The summed E-state index contributed by atoms with van der Waals surface area (Å²) in [6, 6.07) is -0.299. The first-order valence-corrected chi connectivity index (χ1v) is 6.11. The number of carbonyl (C=O) groups excluding carboxylic acids is 1. The summed E-state index contributed by atoms with van der Waals surface area (Å²) in [5.41, 5.74) is 5.28. The molecular formula is C11H23N3O3. The summed E-state index contributed by atoms with van der Waals surface area (Å²) in [5, 5.41) is 21.6. The molecule has 6 nitrogen and oxygen atoms in total. The molecule has 0 aromatic rings. The predicted octanol–water partition coefficient (Wildman–Crippen LogP) is -0.892. The maximum absolute atomic E-state index is 11.2. The fourth-order valence-corrected chi connectivity index (χ4v) is 2.20. The number of primary amides is 1. The number of hydrogen-bond donors (Lipinski definition) is 4. The minimum absolute atomic E-state index is 0.0582. The van der Waals surface area contributed by atoms with E-state index in [1.165, 1.54) is 0 Å². The highest BCUT2D eigenvalue weighted by molar-refractivity contribution is 5.72. The standard InChI is InChI=1S/C11H23N3O3/c1-8(16)9-5-10(13-3-2-4-15)7-14(6-9)11(12)17/h8-10,13,15-16H,2-7H2,1H3,(H2,12,17). The second-order valence-electron chi connectivity index (χ2n) is 4.71. The predicted molar refractivity (Wildman–Crippen MR) is 64.4 cm³/mol. The molecule has 1 aliphatic heterocycles. The molecule has 3 atom stereocenters. The molecule has 1 rings (SSSR count). The average Bonchev–Trinajstić information content (AvgIpc) is 2.29. The molecule has 0 aliphatic carbocycles. The normalized spacial score (nSPS) is 26.9. The zero-order chi connectivity index (χ0) is 12.8. The fourth-order valence-electron chi connectivity index (χ4n) is 2.20. The number of likely N-dealkylation sites (tertiary alicyclic amines) is 1. The molecule has 100 valence electrons. The molecule has 6 heteroatoms. The lowest BCUT2D eigenvalue weighted by atomic mass is 9.90. The largest absolute Gasteiger partial charge is 0.396 e. The van der Waals surface area contributed by atoms with Gasteiger partial charge in [0.05, 0.1) is 6.10 Å². The Hall–Kier alpha value is -0.850. The van der Waals surface area contributed by atoms with Crippen LogP contribution in [0.1, 0.15) is 19.8 Å². The first-order valence-electron chi connectivity index (χ1n) is 6.11.